The quantitative estimate of drug-likeness (QED) is 0.751. The Labute approximate surface area is 100 Å². The summed E-state index contributed by atoms with van der Waals surface area (Å²) in [5.41, 5.74) is 0. The number of hydrogen-bond acceptors (Lipinski definition) is 6. The third-order valence-electron chi connectivity index (χ3n) is 1.96. The van der Waals surface area contributed by atoms with E-state index in [-0.39, 0.29) is 5.97 Å². The highest BCUT2D eigenvalue weighted by Gasteiger charge is 2.04. The molecule has 0 unspecified atom stereocenters. The standard InChI is InChI=1S/C11H17N3O3/c1-4-17-11(15)5-6-12-9-7-10(16-3)14-8(2)13-9/h7H,4-6H2,1-3H3,(H,12,13,14). The molecule has 0 spiro atoms. The van der Waals surface area contributed by atoms with Crippen molar-refractivity contribution >= 4 is 11.8 Å². The van der Waals surface area contributed by atoms with Gasteiger partial charge in [0.15, 0.2) is 0 Å². The first-order valence-electron chi connectivity index (χ1n) is 5.45. The van der Waals surface area contributed by atoms with Crippen molar-refractivity contribution in [2.45, 2.75) is 20.3 Å². The summed E-state index contributed by atoms with van der Waals surface area (Å²) < 4.78 is 9.83. The van der Waals surface area contributed by atoms with E-state index in [0.29, 0.717) is 37.1 Å². The van der Waals surface area contributed by atoms with Gasteiger partial charge in [-0.15, -0.1) is 0 Å². The summed E-state index contributed by atoms with van der Waals surface area (Å²) >= 11 is 0. The molecule has 0 fully saturated rings. The van der Waals surface area contributed by atoms with Crippen LogP contribution in [0.5, 0.6) is 5.88 Å². The first-order valence-corrected chi connectivity index (χ1v) is 5.45. The average Bonchev–Trinajstić information content (AvgIpc) is 2.28. The van der Waals surface area contributed by atoms with Crippen molar-refractivity contribution in [3.05, 3.63) is 11.9 Å². The molecule has 0 radical (unpaired) electrons. The van der Waals surface area contributed by atoms with Gasteiger partial charge in [-0.25, -0.2) is 4.98 Å². The molecule has 94 valence electrons. The van der Waals surface area contributed by atoms with Gasteiger partial charge in [0.1, 0.15) is 11.6 Å². The van der Waals surface area contributed by atoms with Crippen LogP contribution in [-0.4, -0.2) is 36.2 Å². The van der Waals surface area contributed by atoms with Crippen molar-refractivity contribution in [1.82, 2.24) is 9.97 Å². The molecule has 1 N–H and O–H groups in total. The minimum Gasteiger partial charge on any atom is -0.481 e. The predicted molar refractivity (Wildman–Crippen MR) is 63.1 cm³/mol. The molecule has 0 saturated heterocycles. The minimum absolute atomic E-state index is 0.224. The molecule has 0 aliphatic rings. The smallest absolute Gasteiger partial charge is 0.307 e. The molecule has 1 aromatic rings. The molecule has 6 heteroatoms. The van der Waals surface area contributed by atoms with Crippen LogP contribution < -0.4 is 10.1 Å². The second-order valence-corrected chi connectivity index (χ2v) is 3.32. The zero-order valence-corrected chi connectivity index (χ0v) is 10.3. The number of aryl methyl sites for hydroxylation is 1. The zero-order chi connectivity index (χ0) is 12.7. The number of esters is 1. The maximum Gasteiger partial charge on any atom is 0.307 e. The van der Waals surface area contributed by atoms with E-state index in [9.17, 15) is 4.79 Å². The van der Waals surface area contributed by atoms with Crippen LogP contribution in [0.15, 0.2) is 6.07 Å². The van der Waals surface area contributed by atoms with Crippen LogP contribution >= 0.6 is 0 Å². The van der Waals surface area contributed by atoms with Gasteiger partial charge in [-0.2, -0.15) is 4.98 Å². The Kier molecular flexibility index (Phi) is 5.19. The zero-order valence-electron chi connectivity index (χ0n) is 10.3. The number of anilines is 1. The van der Waals surface area contributed by atoms with E-state index >= 15 is 0 Å². The maximum absolute atomic E-state index is 11.1. The lowest BCUT2D eigenvalue weighted by Gasteiger charge is -2.07. The Morgan fingerprint density at radius 2 is 2.24 bits per heavy atom. The van der Waals surface area contributed by atoms with Gasteiger partial charge in [0.2, 0.25) is 5.88 Å². The molecule has 0 saturated carbocycles. The number of carbonyl (C=O) groups is 1. The van der Waals surface area contributed by atoms with Gasteiger partial charge in [-0.05, 0) is 13.8 Å². The molecule has 0 aliphatic carbocycles. The monoisotopic (exact) mass is 239 g/mol. The van der Waals surface area contributed by atoms with Crippen molar-refractivity contribution in [1.29, 1.82) is 0 Å². The summed E-state index contributed by atoms with van der Waals surface area (Å²) in [6, 6.07) is 1.68. The van der Waals surface area contributed by atoms with E-state index < -0.39 is 0 Å². The topological polar surface area (TPSA) is 73.3 Å². The van der Waals surface area contributed by atoms with Crippen LogP contribution in [0.3, 0.4) is 0 Å². The summed E-state index contributed by atoms with van der Waals surface area (Å²) in [7, 11) is 1.55. The number of carbonyl (C=O) groups excluding carboxylic acids is 1. The van der Waals surface area contributed by atoms with Crippen LogP contribution in [-0.2, 0) is 9.53 Å². The minimum atomic E-state index is -0.224. The summed E-state index contributed by atoms with van der Waals surface area (Å²) in [5, 5.41) is 3.02. The van der Waals surface area contributed by atoms with Crippen molar-refractivity contribution in [2.75, 3.05) is 25.6 Å². The molecule has 0 aliphatic heterocycles. The number of aromatic nitrogens is 2. The fourth-order valence-corrected chi connectivity index (χ4v) is 1.26. The highest BCUT2D eigenvalue weighted by atomic mass is 16.5. The Bertz CT molecular complexity index is 382. The first-order chi connectivity index (χ1) is 8.15. The lowest BCUT2D eigenvalue weighted by atomic mass is 10.4. The third-order valence-corrected chi connectivity index (χ3v) is 1.96. The van der Waals surface area contributed by atoms with Crippen LogP contribution in [0, 0.1) is 6.92 Å². The molecule has 1 aromatic heterocycles. The normalized spacial score (nSPS) is 9.82. The van der Waals surface area contributed by atoms with Gasteiger partial charge in [0.25, 0.3) is 0 Å². The van der Waals surface area contributed by atoms with Gasteiger partial charge >= 0.3 is 5.97 Å². The van der Waals surface area contributed by atoms with Crippen LogP contribution in [0.4, 0.5) is 5.82 Å². The lowest BCUT2D eigenvalue weighted by molar-refractivity contribution is -0.142. The highest BCUT2D eigenvalue weighted by molar-refractivity contribution is 5.69. The molecule has 6 nitrogen and oxygen atoms in total. The fraction of sp³-hybridized carbons (Fsp3) is 0.545. The molecule has 0 atom stereocenters. The van der Waals surface area contributed by atoms with E-state index in [1.54, 1.807) is 27.0 Å². The Hall–Kier alpha value is -1.85. The van der Waals surface area contributed by atoms with E-state index in [2.05, 4.69) is 15.3 Å². The lowest BCUT2D eigenvalue weighted by Crippen LogP contribution is -2.12. The van der Waals surface area contributed by atoms with Crippen molar-refractivity contribution in [3.8, 4) is 5.88 Å². The summed E-state index contributed by atoms with van der Waals surface area (Å²) in [6.45, 7) is 4.43. The van der Waals surface area contributed by atoms with Crippen LogP contribution in [0.1, 0.15) is 19.2 Å². The highest BCUT2D eigenvalue weighted by Crippen LogP contribution is 2.12. The largest absolute Gasteiger partial charge is 0.481 e. The molecule has 0 aromatic carbocycles. The van der Waals surface area contributed by atoms with Gasteiger partial charge in [0.05, 0.1) is 20.1 Å². The van der Waals surface area contributed by atoms with E-state index in [4.69, 9.17) is 9.47 Å². The molecule has 1 heterocycles. The average molecular weight is 239 g/mol. The van der Waals surface area contributed by atoms with E-state index in [1.807, 2.05) is 0 Å². The Morgan fingerprint density at radius 1 is 1.47 bits per heavy atom. The second-order valence-electron chi connectivity index (χ2n) is 3.32. The van der Waals surface area contributed by atoms with Gasteiger partial charge < -0.3 is 14.8 Å². The van der Waals surface area contributed by atoms with Crippen molar-refractivity contribution in [3.63, 3.8) is 0 Å². The van der Waals surface area contributed by atoms with Gasteiger partial charge in [0, 0.05) is 12.6 Å². The summed E-state index contributed by atoms with van der Waals surface area (Å²) in [6.07, 6.45) is 0.305. The number of rotatable bonds is 6. The molecule has 17 heavy (non-hydrogen) atoms. The maximum atomic E-state index is 11.1. The molecule has 0 bridgehead atoms. The number of hydrogen-bond donors (Lipinski definition) is 1. The third kappa shape index (κ3) is 4.67. The van der Waals surface area contributed by atoms with Crippen LogP contribution in [0.2, 0.25) is 0 Å². The first kappa shape index (κ1) is 13.2. The number of nitrogens with one attached hydrogen (secondary N) is 1. The molecule has 1 rings (SSSR count). The van der Waals surface area contributed by atoms with Gasteiger partial charge in [-0.1, -0.05) is 0 Å². The van der Waals surface area contributed by atoms with Crippen molar-refractivity contribution < 1.29 is 14.3 Å². The second kappa shape index (κ2) is 6.67. The summed E-state index contributed by atoms with van der Waals surface area (Å²) in [4.78, 5) is 19.3. The number of ether oxygens (including phenoxy) is 2. The molecule has 0 amide bonds. The SMILES string of the molecule is CCOC(=O)CCNc1cc(OC)nc(C)n1. The Morgan fingerprint density at radius 3 is 2.88 bits per heavy atom. The predicted octanol–water partition coefficient (Wildman–Crippen LogP) is 1.16. The number of nitrogens with zero attached hydrogens (tertiary/aromatic N) is 2. The fourth-order valence-electron chi connectivity index (χ4n) is 1.26. The summed E-state index contributed by atoms with van der Waals surface area (Å²) in [5.74, 6) is 1.52. The van der Waals surface area contributed by atoms with E-state index in [0.717, 1.165) is 0 Å². The van der Waals surface area contributed by atoms with Crippen LogP contribution in [0.25, 0.3) is 0 Å². The van der Waals surface area contributed by atoms with Gasteiger partial charge in [-0.3, -0.25) is 4.79 Å². The Balaban J connectivity index is 2.46. The van der Waals surface area contributed by atoms with E-state index in [1.165, 1.54) is 0 Å². The number of methoxy groups -OCH3 is 1. The molecular weight excluding hydrogens is 222 g/mol. The van der Waals surface area contributed by atoms with Crippen molar-refractivity contribution in [2.24, 2.45) is 0 Å². The molecular formula is C11H17N3O3.